The molecule has 8 unspecified atom stereocenters. The maximum absolute atomic E-state index is 13.3. The third-order valence-electron chi connectivity index (χ3n) is 12.7. The molecule has 4 aliphatic heterocycles. The average Bonchev–Trinajstić information content (AvgIpc) is 3.87. The summed E-state index contributed by atoms with van der Waals surface area (Å²) in [4.78, 5) is 51.5. The molecule has 4 amide bonds. The molecule has 56 heavy (non-hydrogen) atoms. The number of carbonyl (C=O) groups excluding carboxylic acids is 4. The van der Waals surface area contributed by atoms with Crippen LogP contribution in [0.25, 0.3) is 0 Å². The zero-order chi connectivity index (χ0) is 39.4. The summed E-state index contributed by atoms with van der Waals surface area (Å²) >= 11 is 6.70. The van der Waals surface area contributed by atoms with Gasteiger partial charge in [0.05, 0.1) is 82.4 Å². The summed E-state index contributed by atoms with van der Waals surface area (Å²) in [6, 6.07) is 0.421. The fourth-order valence-electron chi connectivity index (χ4n) is 9.78. The van der Waals surface area contributed by atoms with E-state index in [1.807, 2.05) is 0 Å². The van der Waals surface area contributed by atoms with Crippen molar-refractivity contribution >= 4 is 35.2 Å². The molecule has 0 radical (unpaired) electrons. The number of hydrogen-bond donors (Lipinski definition) is 6. The number of nitrogens with zero attached hydrogens (tertiary/aromatic N) is 2. The highest BCUT2D eigenvalue weighted by Crippen LogP contribution is 2.40. The lowest BCUT2D eigenvalue weighted by molar-refractivity contribution is -0.151. The number of carbonyl (C=O) groups is 4. The molecule has 0 aromatic carbocycles. The van der Waals surface area contributed by atoms with Gasteiger partial charge in [-0.25, -0.2) is 5.01 Å². The number of fused-ring (bicyclic) bond motifs is 2. The molecular weight excluding hydrogens is 744 g/mol. The standard InChI is InChI=1S/C39H67ClN8O8/c1-3-25(4-2)31-23-33(48-36(45-31)29(40)24-43-48)44-27-9-8-26(22-27)41-12-14-53-16-18-55-20-21-56-19-17-54-15-13-42-30-7-5-6-28-35(30)39(52)47(38(28)51)32-10-11-34(49)46-37(32)50/h25-33,35-36,41-45H,3-24H2,1-2H3,(H,46,49,50)/t26-,27-,28?,29?,30?,31?,32?,33?,35?,36?/m0/s1. The molecule has 0 spiro atoms. The van der Waals surface area contributed by atoms with E-state index in [0.717, 1.165) is 43.7 Å². The maximum Gasteiger partial charge on any atom is 0.249 e. The van der Waals surface area contributed by atoms with Crippen molar-refractivity contribution in [3.05, 3.63) is 0 Å². The smallest absolute Gasteiger partial charge is 0.249 e. The van der Waals surface area contributed by atoms with Gasteiger partial charge in [-0.3, -0.25) is 45.5 Å². The summed E-state index contributed by atoms with van der Waals surface area (Å²) in [7, 11) is 0. The minimum atomic E-state index is -0.900. The van der Waals surface area contributed by atoms with Crippen molar-refractivity contribution in [1.29, 1.82) is 0 Å². The SMILES string of the molecule is CCC(CC)C1CC(N[C@H]2CC[C@H](NCCOCCOCCOCCOCCNC3CCCC4C(=O)N(C5CCC(=O)NC5=O)C(=O)C34)C2)N2NCC(Cl)C2N1. The first-order valence-corrected chi connectivity index (χ1v) is 21.9. The molecule has 6 rings (SSSR count). The zero-order valence-corrected chi connectivity index (χ0v) is 34.2. The number of likely N-dealkylation sites (tertiary alicyclic amines) is 1. The summed E-state index contributed by atoms with van der Waals surface area (Å²) in [6.07, 6.45) is 9.91. The van der Waals surface area contributed by atoms with Gasteiger partial charge in [-0.2, -0.15) is 0 Å². The van der Waals surface area contributed by atoms with Gasteiger partial charge in [0.2, 0.25) is 23.6 Å². The summed E-state index contributed by atoms with van der Waals surface area (Å²) < 4.78 is 22.8. The molecule has 6 fully saturated rings. The number of hydrogen-bond acceptors (Lipinski definition) is 14. The zero-order valence-electron chi connectivity index (χ0n) is 33.4. The Labute approximate surface area is 337 Å². The first-order valence-electron chi connectivity index (χ1n) is 21.4. The Bertz CT molecular complexity index is 1300. The minimum absolute atomic E-state index is 0.0746. The van der Waals surface area contributed by atoms with Crippen LogP contribution in [-0.2, 0) is 38.1 Å². The minimum Gasteiger partial charge on any atom is -0.378 e. The van der Waals surface area contributed by atoms with Crippen LogP contribution in [0, 0.1) is 17.8 Å². The van der Waals surface area contributed by atoms with E-state index in [2.05, 4.69) is 50.9 Å². The summed E-state index contributed by atoms with van der Waals surface area (Å²) in [5.41, 5.74) is 3.54. The molecule has 16 nitrogen and oxygen atoms in total. The van der Waals surface area contributed by atoms with Crippen LogP contribution in [0.2, 0.25) is 0 Å². The van der Waals surface area contributed by atoms with Gasteiger partial charge in [-0.1, -0.05) is 33.1 Å². The van der Waals surface area contributed by atoms with Crippen LogP contribution in [0.4, 0.5) is 0 Å². The second kappa shape index (κ2) is 22.0. The first kappa shape index (κ1) is 43.7. The Morgan fingerprint density at radius 3 is 2.12 bits per heavy atom. The number of alkyl halides is 1. The largest absolute Gasteiger partial charge is 0.378 e. The molecule has 0 bridgehead atoms. The van der Waals surface area contributed by atoms with Crippen LogP contribution in [0.15, 0.2) is 0 Å². The van der Waals surface area contributed by atoms with Crippen molar-refractivity contribution in [3.63, 3.8) is 0 Å². The molecule has 2 saturated carbocycles. The van der Waals surface area contributed by atoms with Gasteiger partial charge in [0.15, 0.2) is 0 Å². The molecule has 17 heteroatoms. The van der Waals surface area contributed by atoms with Crippen LogP contribution in [0.1, 0.15) is 84.5 Å². The molecule has 10 atom stereocenters. The van der Waals surface area contributed by atoms with Gasteiger partial charge in [0.25, 0.3) is 0 Å². The molecule has 318 valence electrons. The number of ether oxygens (including phenoxy) is 4. The first-order chi connectivity index (χ1) is 27.3. The predicted octanol–water partition coefficient (Wildman–Crippen LogP) is 0.580. The van der Waals surface area contributed by atoms with Gasteiger partial charge in [0.1, 0.15) is 6.04 Å². The second-order valence-corrected chi connectivity index (χ2v) is 16.8. The summed E-state index contributed by atoms with van der Waals surface area (Å²) in [5, 5.41) is 19.6. The molecule has 6 N–H and O–H groups in total. The average molecular weight is 811 g/mol. The van der Waals surface area contributed by atoms with Crippen LogP contribution < -0.4 is 32.0 Å². The second-order valence-electron chi connectivity index (χ2n) is 16.2. The molecule has 6 aliphatic rings. The fraction of sp³-hybridized carbons (Fsp3) is 0.897. The van der Waals surface area contributed by atoms with Gasteiger partial charge in [-0.05, 0) is 50.9 Å². The predicted molar refractivity (Wildman–Crippen MR) is 209 cm³/mol. The van der Waals surface area contributed by atoms with E-state index < -0.39 is 23.8 Å². The Morgan fingerprint density at radius 2 is 1.45 bits per heavy atom. The van der Waals surface area contributed by atoms with Crippen molar-refractivity contribution in [3.8, 4) is 0 Å². The molecule has 2 aliphatic carbocycles. The van der Waals surface area contributed by atoms with Crippen LogP contribution in [0.5, 0.6) is 0 Å². The molecule has 0 aromatic rings. The number of hydrazine groups is 1. The van der Waals surface area contributed by atoms with Crippen molar-refractivity contribution in [2.45, 2.75) is 132 Å². The fourth-order valence-corrected chi connectivity index (χ4v) is 10.0. The van der Waals surface area contributed by atoms with E-state index >= 15 is 0 Å². The van der Waals surface area contributed by atoms with Crippen molar-refractivity contribution in [1.82, 2.24) is 41.9 Å². The molecular formula is C39H67ClN8O8. The summed E-state index contributed by atoms with van der Waals surface area (Å²) in [5.74, 6) is -1.78. The van der Waals surface area contributed by atoms with Crippen LogP contribution in [-0.4, -0.2) is 154 Å². The van der Waals surface area contributed by atoms with E-state index in [9.17, 15) is 19.2 Å². The van der Waals surface area contributed by atoms with Gasteiger partial charge < -0.3 is 29.6 Å². The number of imide groups is 2. The number of nitrogens with one attached hydrogen (secondary N) is 6. The Balaban J connectivity index is 0.735. The van der Waals surface area contributed by atoms with Crippen molar-refractivity contribution < 1.29 is 38.1 Å². The highest BCUT2D eigenvalue weighted by atomic mass is 35.5. The third-order valence-corrected chi connectivity index (χ3v) is 13.1. The van der Waals surface area contributed by atoms with Gasteiger partial charge in [0, 0.05) is 50.2 Å². The van der Waals surface area contributed by atoms with E-state index in [-0.39, 0.29) is 54.3 Å². The monoisotopic (exact) mass is 810 g/mol. The number of amides is 4. The molecule has 4 saturated heterocycles. The normalized spacial score (nSPS) is 33.8. The Hall–Kier alpha value is -1.83. The molecule has 0 aromatic heterocycles. The summed E-state index contributed by atoms with van der Waals surface area (Å²) in [6.45, 7) is 10.8. The lowest BCUT2D eigenvalue weighted by atomic mass is 9.77. The van der Waals surface area contributed by atoms with Gasteiger partial charge in [-0.15, -0.1) is 11.6 Å². The lowest BCUT2D eigenvalue weighted by Crippen LogP contribution is -2.67. The number of piperidine rings is 1. The van der Waals surface area contributed by atoms with E-state index in [1.54, 1.807) is 0 Å². The van der Waals surface area contributed by atoms with E-state index in [0.29, 0.717) is 89.9 Å². The topological polar surface area (TPSA) is 184 Å². The lowest BCUT2D eigenvalue weighted by Gasteiger charge is -2.46. The van der Waals surface area contributed by atoms with Crippen LogP contribution >= 0.6 is 11.6 Å². The van der Waals surface area contributed by atoms with E-state index in [4.69, 9.17) is 30.5 Å². The van der Waals surface area contributed by atoms with Crippen LogP contribution in [0.3, 0.4) is 0 Å². The number of rotatable bonds is 23. The van der Waals surface area contributed by atoms with Crippen molar-refractivity contribution in [2.75, 3.05) is 72.5 Å². The quantitative estimate of drug-likeness (QED) is 0.0479. The van der Waals surface area contributed by atoms with Gasteiger partial charge >= 0.3 is 0 Å². The molecule has 4 heterocycles. The highest BCUT2D eigenvalue weighted by Gasteiger charge is 2.55. The van der Waals surface area contributed by atoms with E-state index in [1.165, 1.54) is 25.7 Å². The van der Waals surface area contributed by atoms with Crippen molar-refractivity contribution in [2.24, 2.45) is 17.8 Å². The number of halogens is 1. The maximum atomic E-state index is 13.3. The highest BCUT2D eigenvalue weighted by molar-refractivity contribution is 6.21. The third kappa shape index (κ3) is 11.3. The Kier molecular flexibility index (Phi) is 17.2. The Morgan fingerprint density at radius 1 is 0.786 bits per heavy atom.